The molecule has 31 heavy (non-hydrogen) atoms. The molecule has 4 rings (SSSR count). The van der Waals surface area contributed by atoms with Crippen LogP contribution in [-0.4, -0.2) is 26.9 Å². The molecular formula is C23H17N3O4S. The van der Waals surface area contributed by atoms with E-state index in [0.717, 1.165) is 0 Å². The Bertz CT molecular complexity index is 1270. The van der Waals surface area contributed by atoms with Gasteiger partial charge in [-0.3, -0.25) is 14.5 Å². The monoisotopic (exact) mass is 431 g/mol. The Hall–Kier alpha value is -3.96. The number of thiazole rings is 1. The topological polar surface area (TPSA) is 115 Å². The first-order valence-corrected chi connectivity index (χ1v) is 10.2. The van der Waals surface area contributed by atoms with Crippen LogP contribution < -0.4 is 4.90 Å². The van der Waals surface area contributed by atoms with Crippen LogP contribution in [0.3, 0.4) is 0 Å². The minimum Gasteiger partial charge on any atom is -0.508 e. The number of nitrogens with zero attached hydrogens (tertiary/aromatic N) is 3. The molecule has 1 aliphatic rings. The lowest BCUT2D eigenvalue weighted by Gasteiger charge is -2.27. The summed E-state index contributed by atoms with van der Waals surface area (Å²) in [4.78, 5) is 32.5. The Balaban J connectivity index is 1.88. The molecule has 154 valence electrons. The summed E-state index contributed by atoms with van der Waals surface area (Å²) in [5.41, 5.74) is 1.87. The number of phenolic OH excluding ortho intramolecular Hbond substituents is 1. The number of aryl methyl sites for hydroxylation is 2. The summed E-state index contributed by atoms with van der Waals surface area (Å²) in [5, 5.41) is 30.2. The molecule has 1 amide bonds. The smallest absolute Gasteiger partial charge is 0.294 e. The van der Waals surface area contributed by atoms with Crippen LogP contribution in [0.1, 0.15) is 37.5 Å². The molecule has 0 spiro atoms. The molecule has 0 radical (unpaired) electrons. The zero-order valence-corrected chi connectivity index (χ0v) is 17.5. The standard InChI is InChI=1S/C23H17N3O4S/c1-12-22(31-13(2)25-12)20(28)18-19(15-5-9-17(27)10-6-15)26(23(30)21(18)29)16-7-3-14(11-24)4-8-16/h3-10,19,27,29H,1-2H3. The Labute approximate surface area is 182 Å². The summed E-state index contributed by atoms with van der Waals surface area (Å²) in [7, 11) is 0. The van der Waals surface area contributed by atoms with Gasteiger partial charge in [-0.25, -0.2) is 4.98 Å². The number of hydrogen-bond acceptors (Lipinski definition) is 7. The highest BCUT2D eigenvalue weighted by Crippen LogP contribution is 2.43. The van der Waals surface area contributed by atoms with E-state index in [4.69, 9.17) is 5.26 Å². The van der Waals surface area contributed by atoms with Gasteiger partial charge in [0.05, 0.1) is 38.8 Å². The Morgan fingerprint density at radius 3 is 2.29 bits per heavy atom. The van der Waals surface area contributed by atoms with E-state index in [9.17, 15) is 19.8 Å². The highest BCUT2D eigenvalue weighted by atomic mass is 32.1. The summed E-state index contributed by atoms with van der Waals surface area (Å²) in [6.07, 6.45) is 0. The molecule has 1 aliphatic heterocycles. The van der Waals surface area contributed by atoms with Crippen molar-refractivity contribution in [2.24, 2.45) is 0 Å². The number of rotatable bonds is 4. The van der Waals surface area contributed by atoms with Gasteiger partial charge in [0.1, 0.15) is 5.75 Å². The summed E-state index contributed by atoms with van der Waals surface area (Å²) in [6.45, 7) is 3.49. The van der Waals surface area contributed by atoms with E-state index in [-0.39, 0.29) is 11.3 Å². The summed E-state index contributed by atoms with van der Waals surface area (Å²) >= 11 is 1.20. The number of benzene rings is 2. The second kappa shape index (κ2) is 7.70. The van der Waals surface area contributed by atoms with E-state index in [1.807, 2.05) is 6.07 Å². The molecule has 0 saturated carbocycles. The van der Waals surface area contributed by atoms with E-state index in [2.05, 4.69) is 4.98 Å². The average molecular weight is 431 g/mol. The number of aliphatic hydroxyl groups excluding tert-OH is 1. The van der Waals surface area contributed by atoms with Crippen molar-refractivity contribution in [1.29, 1.82) is 5.26 Å². The number of amides is 1. The molecule has 1 atom stereocenters. The summed E-state index contributed by atoms with van der Waals surface area (Å²) in [5.74, 6) is -1.78. The zero-order chi connectivity index (χ0) is 22.3. The first-order valence-electron chi connectivity index (χ1n) is 9.36. The van der Waals surface area contributed by atoms with E-state index in [0.29, 0.717) is 32.4 Å². The van der Waals surface area contributed by atoms with Crippen LogP contribution in [0, 0.1) is 25.2 Å². The summed E-state index contributed by atoms with van der Waals surface area (Å²) in [6, 6.07) is 13.5. The van der Waals surface area contributed by atoms with Crippen LogP contribution in [0.2, 0.25) is 0 Å². The van der Waals surface area contributed by atoms with E-state index >= 15 is 0 Å². The molecule has 2 aromatic carbocycles. The van der Waals surface area contributed by atoms with Crippen molar-refractivity contribution in [3.05, 3.63) is 86.6 Å². The zero-order valence-electron chi connectivity index (χ0n) is 16.7. The lowest BCUT2D eigenvalue weighted by Crippen LogP contribution is -2.31. The Morgan fingerprint density at radius 1 is 1.10 bits per heavy atom. The largest absolute Gasteiger partial charge is 0.508 e. The third kappa shape index (κ3) is 3.45. The van der Waals surface area contributed by atoms with Gasteiger partial charge in [-0.1, -0.05) is 12.1 Å². The molecule has 0 aliphatic carbocycles. The quantitative estimate of drug-likeness (QED) is 0.601. The highest BCUT2D eigenvalue weighted by Gasteiger charge is 2.45. The van der Waals surface area contributed by atoms with Gasteiger partial charge in [-0.2, -0.15) is 5.26 Å². The van der Waals surface area contributed by atoms with Gasteiger partial charge in [-0.15, -0.1) is 11.3 Å². The Morgan fingerprint density at radius 2 is 1.74 bits per heavy atom. The number of anilines is 1. The molecule has 1 aromatic heterocycles. The van der Waals surface area contributed by atoms with E-state index < -0.39 is 23.5 Å². The number of nitriles is 1. The maximum Gasteiger partial charge on any atom is 0.294 e. The number of Topliss-reactive ketones (excluding diaryl/α,β-unsaturated/α-hetero) is 1. The highest BCUT2D eigenvalue weighted by molar-refractivity contribution is 7.14. The maximum atomic E-state index is 13.4. The minimum absolute atomic E-state index is 0.0352. The first-order chi connectivity index (χ1) is 14.8. The predicted molar refractivity (Wildman–Crippen MR) is 115 cm³/mol. The fourth-order valence-corrected chi connectivity index (χ4v) is 4.51. The van der Waals surface area contributed by atoms with Crippen LogP contribution in [0.25, 0.3) is 0 Å². The first kappa shape index (κ1) is 20.3. The van der Waals surface area contributed by atoms with Crippen molar-refractivity contribution in [1.82, 2.24) is 4.98 Å². The number of hydrogen-bond donors (Lipinski definition) is 2. The van der Waals surface area contributed by atoms with Crippen molar-refractivity contribution >= 4 is 28.7 Å². The summed E-state index contributed by atoms with van der Waals surface area (Å²) < 4.78 is 0. The molecule has 2 N–H and O–H groups in total. The van der Waals surface area contributed by atoms with Gasteiger partial charge in [0.2, 0.25) is 5.78 Å². The van der Waals surface area contributed by atoms with Crippen LogP contribution in [0.5, 0.6) is 5.75 Å². The van der Waals surface area contributed by atoms with Gasteiger partial charge in [0.25, 0.3) is 5.91 Å². The molecule has 0 saturated heterocycles. The molecule has 8 heteroatoms. The molecule has 0 bridgehead atoms. The normalized spacial score (nSPS) is 16.0. The van der Waals surface area contributed by atoms with Crippen LogP contribution in [-0.2, 0) is 4.79 Å². The van der Waals surface area contributed by atoms with Gasteiger partial charge in [0.15, 0.2) is 5.76 Å². The lowest BCUT2D eigenvalue weighted by molar-refractivity contribution is -0.117. The fraction of sp³-hybridized carbons (Fsp3) is 0.130. The number of carbonyl (C=O) groups is 2. The number of ketones is 1. The van der Waals surface area contributed by atoms with E-state index in [1.54, 1.807) is 50.2 Å². The van der Waals surface area contributed by atoms with Crippen LogP contribution in [0.4, 0.5) is 5.69 Å². The third-order valence-corrected chi connectivity index (χ3v) is 6.12. The van der Waals surface area contributed by atoms with Crippen molar-refractivity contribution in [2.75, 3.05) is 4.90 Å². The maximum absolute atomic E-state index is 13.4. The van der Waals surface area contributed by atoms with Crippen molar-refractivity contribution < 1.29 is 19.8 Å². The predicted octanol–water partition coefficient (Wildman–Crippen LogP) is 4.12. The molecule has 2 heterocycles. The van der Waals surface area contributed by atoms with Gasteiger partial charge in [0, 0.05) is 5.69 Å². The lowest BCUT2D eigenvalue weighted by atomic mass is 9.94. The number of carbonyl (C=O) groups excluding carboxylic acids is 2. The molecule has 1 unspecified atom stereocenters. The van der Waals surface area contributed by atoms with Crippen molar-refractivity contribution in [2.45, 2.75) is 19.9 Å². The second-order valence-corrected chi connectivity index (χ2v) is 8.27. The molecule has 7 nitrogen and oxygen atoms in total. The van der Waals surface area contributed by atoms with Crippen molar-refractivity contribution in [3.63, 3.8) is 0 Å². The van der Waals surface area contributed by atoms with Crippen LogP contribution in [0.15, 0.2) is 59.9 Å². The molecule has 3 aromatic rings. The third-order valence-electron chi connectivity index (χ3n) is 5.05. The van der Waals surface area contributed by atoms with Crippen LogP contribution >= 0.6 is 11.3 Å². The minimum atomic E-state index is -0.907. The van der Waals surface area contributed by atoms with Crippen molar-refractivity contribution in [3.8, 4) is 11.8 Å². The second-order valence-electron chi connectivity index (χ2n) is 7.07. The molecule has 0 fully saturated rings. The van der Waals surface area contributed by atoms with Gasteiger partial charge < -0.3 is 10.2 Å². The fourth-order valence-electron chi connectivity index (χ4n) is 3.64. The SMILES string of the molecule is Cc1nc(C)c(C(=O)C2=C(O)C(=O)N(c3ccc(C#N)cc3)C2c2ccc(O)cc2)s1. The number of phenols is 1. The molecular weight excluding hydrogens is 414 g/mol. The Kier molecular flexibility index (Phi) is 5.05. The number of aromatic nitrogens is 1. The van der Waals surface area contributed by atoms with E-state index in [1.165, 1.54) is 28.4 Å². The van der Waals surface area contributed by atoms with Gasteiger partial charge in [-0.05, 0) is 55.8 Å². The number of aliphatic hydroxyl groups is 1. The van der Waals surface area contributed by atoms with Gasteiger partial charge >= 0.3 is 0 Å². The number of aromatic hydroxyl groups is 1. The average Bonchev–Trinajstić information content (AvgIpc) is 3.24.